The summed E-state index contributed by atoms with van der Waals surface area (Å²) in [6, 6.07) is 3.38. The van der Waals surface area contributed by atoms with Gasteiger partial charge in [0.25, 0.3) is 0 Å². The molecule has 1 aromatic carbocycles. The topological polar surface area (TPSA) is 125 Å². The highest BCUT2D eigenvalue weighted by Gasteiger charge is 2.15. The molecule has 0 aliphatic carbocycles. The lowest BCUT2D eigenvalue weighted by Gasteiger charge is -2.12. The van der Waals surface area contributed by atoms with Crippen LogP contribution in [-0.4, -0.2) is 29.1 Å². The molecule has 0 saturated heterocycles. The summed E-state index contributed by atoms with van der Waals surface area (Å²) in [6.07, 6.45) is 1.04. The molecule has 3 N–H and O–H groups in total. The van der Waals surface area contributed by atoms with E-state index in [9.17, 15) is 10.1 Å². The zero-order valence-electron chi connectivity index (χ0n) is 11.7. The van der Waals surface area contributed by atoms with Crippen LogP contribution in [0.4, 0.5) is 23.1 Å². The molecule has 0 saturated carbocycles. The molecule has 10 heteroatoms. The van der Waals surface area contributed by atoms with Crippen molar-refractivity contribution in [3.05, 3.63) is 32.9 Å². The fourth-order valence-corrected chi connectivity index (χ4v) is 2.21. The molecular weight excluding hydrogens is 358 g/mol. The molecule has 0 bridgehead atoms. The van der Waals surface area contributed by atoms with Crippen molar-refractivity contribution >= 4 is 39.1 Å². The SMILES string of the molecule is COc1cc(Nc2ncc([N+](=O)[O-])c(N)n2)cc(OC)c1Br. The predicted molar refractivity (Wildman–Crippen MR) is 83.6 cm³/mol. The van der Waals surface area contributed by atoms with E-state index in [1.165, 1.54) is 14.2 Å². The van der Waals surface area contributed by atoms with E-state index in [4.69, 9.17) is 15.2 Å². The molecule has 1 heterocycles. The first kappa shape index (κ1) is 15.8. The summed E-state index contributed by atoms with van der Waals surface area (Å²) in [5.74, 6) is 0.974. The first-order chi connectivity index (χ1) is 10.5. The average Bonchev–Trinajstić information content (AvgIpc) is 2.48. The average molecular weight is 370 g/mol. The minimum absolute atomic E-state index is 0.120. The van der Waals surface area contributed by atoms with Gasteiger partial charge in [-0.25, -0.2) is 4.98 Å². The second kappa shape index (κ2) is 6.43. The Labute approximate surface area is 133 Å². The number of benzene rings is 1. The van der Waals surface area contributed by atoms with Gasteiger partial charge < -0.3 is 20.5 Å². The maximum Gasteiger partial charge on any atom is 0.329 e. The van der Waals surface area contributed by atoms with Crippen LogP contribution in [0.5, 0.6) is 11.5 Å². The quantitative estimate of drug-likeness (QED) is 0.607. The molecule has 2 aromatic rings. The number of nitrogens with zero attached hydrogens (tertiary/aromatic N) is 3. The van der Waals surface area contributed by atoms with Gasteiger partial charge in [0, 0.05) is 17.8 Å². The van der Waals surface area contributed by atoms with Gasteiger partial charge in [-0.1, -0.05) is 0 Å². The Kier molecular flexibility index (Phi) is 4.61. The van der Waals surface area contributed by atoms with E-state index in [1.807, 2.05) is 0 Å². The van der Waals surface area contributed by atoms with Crippen LogP contribution in [0.3, 0.4) is 0 Å². The van der Waals surface area contributed by atoms with Crippen LogP contribution in [-0.2, 0) is 0 Å². The smallest absolute Gasteiger partial charge is 0.329 e. The lowest BCUT2D eigenvalue weighted by Crippen LogP contribution is -2.04. The van der Waals surface area contributed by atoms with Crippen LogP contribution in [0.25, 0.3) is 0 Å². The Morgan fingerprint density at radius 1 is 1.32 bits per heavy atom. The first-order valence-electron chi connectivity index (χ1n) is 5.91. The van der Waals surface area contributed by atoms with E-state index in [-0.39, 0.29) is 17.5 Å². The highest BCUT2D eigenvalue weighted by molar-refractivity contribution is 9.10. The first-order valence-corrected chi connectivity index (χ1v) is 6.71. The molecule has 9 nitrogen and oxygen atoms in total. The van der Waals surface area contributed by atoms with Gasteiger partial charge in [-0.2, -0.15) is 4.98 Å². The van der Waals surface area contributed by atoms with Gasteiger partial charge in [0.2, 0.25) is 11.8 Å². The number of hydrogen-bond donors (Lipinski definition) is 2. The maximum absolute atomic E-state index is 10.7. The molecule has 0 unspecified atom stereocenters. The van der Waals surface area contributed by atoms with Crippen LogP contribution in [0.1, 0.15) is 0 Å². The number of methoxy groups -OCH3 is 2. The van der Waals surface area contributed by atoms with Crippen LogP contribution in [0.15, 0.2) is 22.8 Å². The number of nitro groups is 1. The van der Waals surface area contributed by atoms with E-state index in [0.29, 0.717) is 21.7 Å². The second-order valence-corrected chi connectivity index (χ2v) is 4.83. The van der Waals surface area contributed by atoms with Crippen molar-refractivity contribution in [3.8, 4) is 11.5 Å². The maximum atomic E-state index is 10.7. The minimum atomic E-state index is -0.648. The van der Waals surface area contributed by atoms with Crippen molar-refractivity contribution in [1.82, 2.24) is 9.97 Å². The number of nitrogens with one attached hydrogen (secondary N) is 1. The second-order valence-electron chi connectivity index (χ2n) is 4.04. The van der Waals surface area contributed by atoms with Crippen molar-refractivity contribution in [2.75, 3.05) is 25.3 Å². The number of nitrogens with two attached hydrogens (primary N) is 1. The fraction of sp³-hybridized carbons (Fsp3) is 0.167. The molecule has 0 atom stereocenters. The van der Waals surface area contributed by atoms with Crippen molar-refractivity contribution in [1.29, 1.82) is 0 Å². The van der Waals surface area contributed by atoms with Crippen molar-refractivity contribution in [2.45, 2.75) is 0 Å². The molecule has 0 spiro atoms. The summed E-state index contributed by atoms with van der Waals surface area (Å²) < 4.78 is 11.1. The zero-order chi connectivity index (χ0) is 16.3. The lowest BCUT2D eigenvalue weighted by molar-refractivity contribution is -0.384. The van der Waals surface area contributed by atoms with E-state index < -0.39 is 4.92 Å². The summed E-state index contributed by atoms with van der Waals surface area (Å²) >= 11 is 3.35. The van der Waals surface area contributed by atoms with Gasteiger partial charge in [-0.15, -0.1) is 0 Å². The Morgan fingerprint density at radius 3 is 2.36 bits per heavy atom. The molecule has 2 rings (SSSR count). The number of rotatable bonds is 5. The van der Waals surface area contributed by atoms with Gasteiger partial charge in [0.1, 0.15) is 22.2 Å². The summed E-state index contributed by atoms with van der Waals surface area (Å²) in [5, 5.41) is 13.6. The molecule has 0 radical (unpaired) electrons. The van der Waals surface area contributed by atoms with E-state index in [1.54, 1.807) is 12.1 Å². The number of ether oxygens (including phenoxy) is 2. The van der Waals surface area contributed by atoms with Gasteiger partial charge in [0.05, 0.1) is 19.1 Å². The number of halogens is 1. The van der Waals surface area contributed by atoms with Gasteiger partial charge in [0.15, 0.2) is 0 Å². The normalized spacial score (nSPS) is 10.1. The molecule has 22 heavy (non-hydrogen) atoms. The highest BCUT2D eigenvalue weighted by Crippen LogP contribution is 2.38. The largest absolute Gasteiger partial charge is 0.495 e. The molecule has 1 aromatic heterocycles. The number of anilines is 3. The lowest BCUT2D eigenvalue weighted by atomic mass is 10.3. The third-order valence-corrected chi connectivity index (χ3v) is 3.48. The summed E-state index contributed by atoms with van der Waals surface area (Å²) in [6.45, 7) is 0. The zero-order valence-corrected chi connectivity index (χ0v) is 13.2. The van der Waals surface area contributed by atoms with Crippen molar-refractivity contribution < 1.29 is 14.4 Å². The third-order valence-electron chi connectivity index (χ3n) is 2.70. The molecular formula is C12H12BrN5O4. The fourth-order valence-electron chi connectivity index (χ4n) is 1.66. The molecule has 116 valence electrons. The summed E-state index contributed by atoms with van der Waals surface area (Å²) in [5.41, 5.74) is 5.75. The summed E-state index contributed by atoms with van der Waals surface area (Å²) in [4.78, 5) is 17.7. The van der Waals surface area contributed by atoms with E-state index in [0.717, 1.165) is 6.20 Å². The van der Waals surface area contributed by atoms with Gasteiger partial charge >= 0.3 is 5.69 Å². The van der Waals surface area contributed by atoms with Crippen LogP contribution in [0, 0.1) is 10.1 Å². The van der Waals surface area contributed by atoms with Gasteiger partial charge in [-0.3, -0.25) is 10.1 Å². The standard InChI is InChI=1S/C12H12BrN5O4/c1-21-8-3-6(4-9(22-2)10(8)13)16-12-15-5-7(18(19)20)11(14)17-12/h3-5H,1-2H3,(H3,14,15,16,17). The Morgan fingerprint density at radius 2 is 1.91 bits per heavy atom. The molecule has 0 aliphatic heterocycles. The van der Waals surface area contributed by atoms with E-state index in [2.05, 4.69) is 31.2 Å². The van der Waals surface area contributed by atoms with Crippen LogP contribution in [0.2, 0.25) is 0 Å². The number of hydrogen-bond acceptors (Lipinski definition) is 8. The van der Waals surface area contributed by atoms with Crippen LogP contribution < -0.4 is 20.5 Å². The molecule has 0 amide bonds. The van der Waals surface area contributed by atoms with Crippen molar-refractivity contribution in [3.63, 3.8) is 0 Å². The Bertz CT molecular complexity index is 700. The molecule has 0 aliphatic rings. The van der Waals surface area contributed by atoms with Crippen LogP contribution >= 0.6 is 15.9 Å². The van der Waals surface area contributed by atoms with Crippen molar-refractivity contribution in [2.24, 2.45) is 0 Å². The summed E-state index contributed by atoms with van der Waals surface area (Å²) in [7, 11) is 3.04. The Balaban J connectivity index is 2.35. The number of aromatic nitrogens is 2. The van der Waals surface area contributed by atoms with Gasteiger partial charge in [-0.05, 0) is 15.9 Å². The monoisotopic (exact) mass is 369 g/mol. The molecule has 0 fully saturated rings. The predicted octanol–water partition coefficient (Wildman–Crippen LogP) is 2.49. The highest BCUT2D eigenvalue weighted by atomic mass is 79.9. The minimum Gasteiger partial charge on any atom is -0.495 e. The van der Waals surface area contributed by atoms with E-state index >= 15 is 0 Å². The third kappa shape index (κ3) is 3.17. The Hall–Kier alpha value is -2.62. The number of nitrogen functional groups attached to an aromatic ring is 1.